The molecule has 14 heavy (non-hydrogen) atoms. The first kappa shape index (κ1) is 11.8. The molecule has 0 saturated heterocycles. The lowest BCUT2D eigenvalue weighted by Gasteiger charge is -2.06. The van der Waals surface area contributed by atoms with Crippen LogP contribution in [0.3, 0.4) is 0 Å². The van der Waals surface area contributed by atoms with E-state index in [1.54, 1.807) is 6.07 Å². The zero-order valence-electron chi connectivity index (χ0n) is 7.69. The molecule has 0 aliphatic rings. The summed E-state index contributed by atoms with van der Waals surface area (Å²) in [5.41, 5.74) is 5.84. The summed E-state index contributed by atoms with van der Waals surface area (Å²) in [6, 6.07) is 3.08. The summed E-state index contributed by atoms with van der Waals surface area (Å²) in [5.74, 6) is -0.406. The van der Waals surface area contributed by atoms with Crippen molar-refractivity contribution in [2.45, 2.75) is 19.3 Å². The summed E-state index contributed by atoms with van der Waals surface area (Å²) in [5, 5.41) is 0.557. The van der Waals surface area contributed by atoms with Crippen molar-refractivity contribution < 1.29 is 4.39 Å². The third-order valence-electron chi connectivity index (χ3n) is 2.02. The van der Waals surface area contributed by atoms with Gasteiger partial charge in [0.25, 0.3) is 0 Å². The first-order valence-electron chi connectivity index (χ1n) is 4.49. The molecular weight excluding hydrogens is 224 g/mol. The van der Waals surface area contributed by atoms with Gasteiger partial charge in [0.1, 0.15) is 5.82 Å². The highest BCUT2D eigenvalue weighted by molar-refractivity contribution is 6.33. The van der Waals surface area contributed by atoms with Crippen LogP contribution in [0.2, 0.25) is 10.0 Å². The summed E-state index contributed by atoms with van der Waals surface area (Å²) in [7, 11) is 0. The van der Waals surface area contributed by atoms with Gasteiger partial charge in [0.2, 0.25) is 0 Å². The fourth-order valence-corrected chi connectivity index (χ4v) is 1.66. The van der Waals surface area contributed by atoms with Crippen LogP contribution >= 0.6 is 23.2 Å². The molecule has 0 aliphatic carbocycles. The van der Waals surface area contributed by atoms with Crippen LogP contribution in [0.4, 0.5) is 4.39 Å². The second kappa shape index (κ2) is 5.54. The van der Waals surface area contributed by atoms with Crippen LogP contribution in [0.25, 0.3) is 0 Å². The Bertz CT molecular complexity index is 315. The summed E-state index contributed by atoms with van der Waals surface area (Å²) in [6.07, 6.45) is 2.28. The number of halogens is 3. The van der Waals surface area contributed by atoms with E-state index in [1.165, 1.54) is 6.07 Å². The van der Waals surface area contributed by atoms with Gasteiger partial charge in [0.15, 0.2) is 0 Å². The molecule has 0 amide bonds. The molecule has 0 fully saturated rings. The molecular formula is C10H12Cl2FN. The van der Waals surface area contributed by atoms with Crippen LogP contribution in [-0.4, -0.2) is 6.54 Å². The molecule has 0 atom stereocenters. The van der Waals surface area contributed by atoms with Crippen molar-refractivity contribution in [1.82, 2.24) is 0 Å². The van der Waals surface area contributed by atoms with Crippen molar-refractivity contribution in [2.75, 3.05) is 6.54 Å². The van der Waals surface area contributed by atoms with Crippen LogP contribution in [0.1, 0.15) is 18.4 Å². The lowest BCUT2D eigenvalue weighted by molar-refractivity contribution is 0.601. The van der Waals surface area contributed by atoms with E-state index in [1.807, 2.05) is 0 Å². The number of hydrogen-bond acceptors (Lipinski definition) is 1. The SMILES string of the molecule is NCCCCc1c(Cl)ccc(Cl)c1F. The zero-order chi connectivity index (χ0) is 10.6. The smallest absolute Gasteiger partial charge is 0.146 e. The van der Waals surface area contributed by atoms with Crippen LogP contribution in [0, 0.1) is 5.82 Å². The molecule has 0 heterocycles. The van der Waals surface area contributed by atoms with Crippen LogP contribution < -0.4 is 5.73 Å². The number of rotatable bonds is 4. The average Bonchev–Trinajstić information content (AvgIpc) is 2.18. The Hall–Kier alpha value is -0.310. The highest BCUT2D eigenvalue weighted by Gasteiger charge is 2.10. The molecule has 0 aromatic heterocycles. The lowest BCUT2D eigenvalue weighted by atomic mass is 10.1. The molecule has 1 aromatic carbocycles. The fourth-order valence-electron chi connectivity index (χ4n) is 1.24. The van der Waals surface area contributed by atoms with E-state index >= 15 is 0 Å². The topological polar surface area (TPSA) is 26.0 Å². The van der Waals surface area contributed by atoms with Crippen LogP contribution in [-0.2, 0) is 6.42 Å². The molecule has 1 rings (SSSR count). The first-order chi connectivity index (χ1) is 6.66. The maximum atomic E-state index is 13.4. The molecule has 4 heteroatoms. The molecule has 0 aliphatic heterocycles. The van der Waals surface area contributed by atoms with Crippen molar-refractivity contribution in [2.24, 2.45) is 5.73 Å². The first-order valence-corrected chi connectivity index (χ1v) is 5.25. The monoisotopic (exact) mass is 235 g/mol. The Morgan fingerprint density at radius 3 is 2.43 bits per heavy atom. The molecule has 0 saturated carbocycles. The van der Waals surface area contributed by atoms with E-state index in [2.05, 4.69) is 0 Å². The lowest BCUT2D eigenvalue weighted by Crippen LogP contribution is -2.00. The largest absolute Gasteiger partial charge is 0.330 e. The fraction of sp³-hybridized carbons (Fsp3) is 0.400. The number of unbranched alkanes of at least 4 members (excludes halogenated alkanes) is 1. The van der Waals surface area contributed by atoms with E-state index in [9.17, 15) is 4.39 Å². The molecule has 0 radical (unpaired) electrons. The summed E-state index contributed by atoms with van der Waals surface area (Å²) in [6.45, 7) is 0.611. The molecule has 1 nitrogen and oxygen atoms in total. The summed E-state index contributed by atoms with van der Waals surface area (Å²) < 4.78 is 13.4. The van der Waals surface area contributed by atoms with Crippen molar-refractivity contribution in [1.29, 1.82) is 0 Å². The van der Waals surface area contributed by atoms with Crippen LogP contribution in [0.15, 0.2) is 12.1 Å². The van der Waals surface area contributed by atoms with Gasteiger partial charge in [0, 0.05) is 10.6 Å². The average molecular weight is 236 g/mol. The zero-order valence-corrected chi connectivity index (χ0v) is 9.21. The Morgan fingerprint density at radius 2 is 1.79 bits per heavy atom. The second-order valence-corrected chi connectivity index (χ2v) is 3.88. The van der Waals surface area contributed by atoms with Crippen molar-refractivity contribution in [3.05, 3.63) is 33.6 Å². The Kier molecular flexibility index (Phi) is 4.66. The van der Waals surface area contributed by atoms with E-state index in [4.69, 9.17) is 28.9 Å². The van der Waals surface area contributed by atoms with Gasteiger partial charge in [-0.25, -0.2) is 4.39 Å². The van der Waals surface area contributed by atoms with E-state index in [0.717, 1.165) is 12.8 Å². The molecule has 0 spiro atoms. The van der Waals surface area contributed by atoms with Gasteiger partial charge in [-0.05, 0) is 37.9 Å². The Morgan fingerprint density at radius 1 is 1.14 bits per heavy atom. The van der Waals surface area contributed by atoms with Gasteiger partial charge in [0.05, 0.1) is 5.02 Å². The van der Waals surface area contributed by atoms with Gasteiger partial charge >= 0.3 is 0 Å². The van der Waals surface area contributed by atoms with E-state index in [0.29, 0.717) is 23.6 Å². The minimum Gasteiger partial charge on any atom is -0.330 e. The van der Waals surface area contributed by atoms with Gasteiger partial charge in [-0.3, -0.25) is 0 Å². The summed E-state index contributed by atoms with van der Waals surface area (Å²) in [4.78, 5) is 0. The predicted octanol–water partition coefficient (Wildman–Crippen LogP) is 3.41. The highest BCUT2D eigenvalue weighted by Crippen LogP contribution is 2.26. The number of hydrogen-bond donors (Lipinski definition) is 1. The predicted molar refractivity (Wildman–Crippen MR) is 58.4 cm³/mol. The molecule has 2 N–H and O–H groups in total. The maximum absolute atomic E-state index is 13.4. The third-order valence-corrected chi connectivity index (χ3v) is 2.67. The summed E-state index contributed by atoms with van der Waals surface area (Å²) >= 11 is 11.5. The highest BCUT2D eigenvalue weighted by atomic mass is 35.5. The van der Waals surface area contributed by atoms with Crippen molar-refractivity contribution in [3.63, 3.8) is 0 Å². The Labute approximate surface area is 93.0 Å². The minimum atomic E-state index is -0.406. The molecule has 0 unspecified atom stereocenters. The van der Waals surface area contributed by atoms with Gasteiger partial charge in [-0.2, -0.15) is 0 Å². The number of benzene rings is 1. The third kappa shape index (κ3) is 2.84. The molecule has 0 bridgehead atoms. The van der Waals surface area contributed by atoms with Gasteiger partial charge in [-0.15, -0.1) is 0 Å². The standard InChI is InChI=1S/C10H12Cl2FN/c11-8-4-5-9(12)10(13)7(8)3-1-2-6-14/h4-5H,1-3,6,14H2. The second-order valence-electron chi connectivity index (χ2n) is 3.07. The molecule has 1 aromatic rings. The normalized spacial score (nSPS) is 10.6. The quantitative estimate of drug-likeness (QED) is 0.629. The van der Waals surface area contributed by atoms with Gasteiger partial charge in [-0.1, -0.05) is 23.2 Å². The minimum absolute atomic E-state index is 0.122. The molecule has 78 valence electrons. The van der Waals surface area contributed by atoms with Crippen LogP contribution in [0.5, 0.6) is 0 Å². The number of nitrogens with two attached hydrogens (primary N) is 1. The van der Waals surface area contributed by atoms with E-state index in [-0.39, 0.29) is 5.02 Å². The van der Waals surface area contributed by atoms with Gasteiger partial charge < -0.3 is 5.73 Å². The van der Waals surface area contributed by atoms with Crippen molar-refractivity contribution >= 4 is 23.2 Å². The van der Waals surface area contributed by atoms with Crippen molar-refractivity contribution in [3.8, 4) is 0 Å². The maximum Gasteiger partial charge on any atom is 0.146 e. The Balaban J connectivity index is 2.79. The van der Waals surface area contributed by atoms with E-state index < -0.39 is 5.82 Å².